The number of allylic oxidation sites excluding steroid dienone is 1. The van der Waals surface area contributed by atoms with Gasteiger partial charge in [-0.3, -0.25) is 0 Å². The Hall–Kier alpha value is -2.37. The molecule has 1 atom stereocenters. The molecule has 0 amide bonds. The first kappa shape index (κ1) is 19.4. The number of hydrogen-bond donors (Lipinski definition) is 2. The summed E-state index contributed by atoms with van der Waals surface area (Å²) < 4.78 is 5.48. The van der Waals surface area contributed by atoms with Crippen LogP contribution in [0.2, 0.25) is 0 Å². The highest BCUT2D eigenvalue weighted by Crippen LogP contribution is 2.30. The van der Waals surface area contributed by atoms with Crippen LogP contribution in [-0.4, -0.2) is 49.0 Å². The molecule has 0 saturated carbocycles. The van der Waals surface area contributed by atoms with Crippen LogP contribution in [0.1, 0.15) is 25.0 Å². The van der Waals surface area contributed by atoms with Crippen LogP contribution >= 0.6 is 0 Å². The van der Waals surface area contributed by atoms with Crippen molar-refractivity contribution in [2.24, 2.45) is 0 Å². The third-order valence-corrected chi connectivity index (χ3v) is 4.75. The summed E-state index contributed by atoms with van der Waals surface area (Å²) in [5, 5.41) is 12.7. The highest BCUT2D eigenvalue weighted by Gasteiger charge is 2.16. The zero-order valence-electron chi connectivity index (χ0n) is 16.4. The predicted octanol–water partition coefficient (Wildman–Crippen LogP) is 3.72. The van der Waals surface area contributed by atoms with Crippen LogP contribution in [0.4, 0.5) is 11.6 Å². The predicted molar refractivity (Wildman–Crippen MR) is 112 cm³/mol. The standard InChI is InChI=1S/C22H29N3O2/c1-4-5-18-7-6-16(2)20(12-18)19-13-21(23-17(3)15-26)24-22(14-19)25-8-10-27-11-9-25/h4-7,12-14,17,26H,8-11,15H2,1-3H3,(H,23,24)/b5-4+. The Kier molecular flexibility index (Phi) is 6.48. The molecule has 0 bridgehead atoms. The molecule has 2 heterocycles. The molecule has 0 spiro atoms. The van der Waals surface area contributed by atoms with Crippen molar-refractivity contribution in [3.05, 3.63) is 47.5 Å². The average molecular weight is 367 g/mol. The highest BCUT2D eigenvalue weighted by molar-refractivity contribution is 5.75. The highest BCUT2D eigenvalue weighted by atomic mass is 16.5. The van der Waals surface area contributed by atoms with Gasteiger partial charge >= 0.3 is 0 Å². The number of aromatic nitrogens is 1. The molecule has 2 N–H and O–H groups in total. The molecular weight excluding hydrogens is 338 g/mol. The Labute approximate surface area is 161 Å². The van der Waals surface area contributed by atoms with Gasteiger partial charge in [-0.2, -0.15) is 0 Å². The van der Waals surface area contributed by atoms with Gasteiger partial charge in [0.25, 0.3) is 0 Å². The molecule has 1 aliphatic heterocycles. The van der Waals surface area contributed by atoms with E-state index in [1.165, 1.54) is 16.7 Å². The SMILES string of the molecule is C/C=C/c1ccc(C)c(-c2cc(NC(C)CO)nc(N3CCOCC3)c2)c1. The molecule has 0 radical (unpaired) electrons. The second kappa shape index (κ2) is 9.02. The molecule has 1 aromatic heterocycles. The molecule has 0 aliphatic carbocycles. The Morgan fingerprint density at radius 3 is 2.74 bits per heavy atom. The fourth-order valence-electron chi connectivity index (χ4n) is 3.24. The Morgan fingerprint density at radius 1 is 1.26 bits per heavy atom. The number of ether oxygens (including phenoxy) is 1. The summed E-state index contributed by atoms with van der Waals surface area (Å²) in [7, 11) is 0. The van der Waals surface area contributed by atoms with E-state index in [0.717, 1.165) is 43.5 Å². The fourth-order valence-corrected chi connectivity index (χ4v) is 3.24. The number of aliphatic hydroxyl groups is 1. The minimum Gasteiger partial charge on any atom is -0.394 e. The van der Waals surface area contributed by atoms with Gasteiger partial charge in [-0.25, -0.2) is 4.98 Å². The number of nitrogens with one attached hydrogen (secondary N) is 1. The number of aliphatic hydroxyl groups excluding tert-OH is 1. The minimum absolute atomic E-state index is 0.0549. The molecule has 1 aromatic carbocycles. The quantitative estimate of drug-likeness (QED) is 0.815. The second-order valence-corrected chi connectivity index (χ2v) is 7.00. The molecule has 144 valence electrons. The molecule has 5 heteroatoms. The molecule has 1 fully saturated rings. The number of anilines is 2. The molecule has 3 rings (SSSR count). The van der Waals surface area contributed by atoms with E-state index in [9.17, 15) is 5.11 Å². The van der Waals surface area contributed by atoms with E-state index in [1.807, 2.05) is 13.8 Å². The summed E-state index contributed by atoms with van der Waals surface area (Å²) in [6.07, 6.45) is 4.16. The summed E-state index contributed by atoms with van der Waals surface area (Å²) in [6.45, 7) is 9.28. The number of nitrogens with zero attached hydrogens (tertiary/aromatic N) is 2. The van der Waals surface area contributed by atoms with Gasteiger partial charge in [-0.05, 0) is 61.2 Å². The molecule has 2 aromatic rings. The van der Waals surface area contributed by atoms with Gasteiger partial charge in [-0.1, -0.05) is 24.3 Å². The lowest BCUT2D eigenvalue weighted by Crippen LogP contribution is -2.37. The maximum Gasteiger partial charge on any atom is 0.131 e. The van der Waals surface area contributed by atoms with Gasteiger partial charge in [0, 0.05) is 19.1 Å². The largest absolute Gasteiger partial charge is 0.394 e. The van der Waals surface area contributed by atoms with E-state index in [0.29, 0.717) is 0 Å². The number of aryl methyl sites for hydroxylation is 1. The number of rotatable bonds is 6. The van der Waals surface area contributed by atoms with Gasteiger partial charge < -0.3 is 20.1 Å². The molecule has 5 nitrogen and oxygen atoms in total. The Bertz CT molecular complexity index is 798. The third kappa shape index (κ3) is 4.87. The number of pyridine rings is 1. The van der Waals surface area contributed by atoms with Crippen LogP contribution in [0, 0.1) is 6.92 Å². The van der Waals surface area contributed by atoms with Gasteiger partial charge in [0.05, 0.1) is 19.8 Å². The van der Waals surface area contributed by atoms with Crippen molar-refractivity contribution in [3.8, 4) is 11.1 Å². The maximum absolute atomic E-state index is 9.42. The van der Waals surface area contributed by atoms with Crippen LogP contribution in [0.15, 0.2) is 36.4 Å². The van der Waals surface area contributed by atoms with Gasteiger partial charge in [0.15, 0.2) is 0 Å². The van der Waals surface area contributed by atoms with Crippen LogP contribution in [0.25, 0.3) is 17.2 Å². The van der Waals surface area contributed by atoms with E-state index < -0.39 is 0 Å². The van der Waals surface area contributed by atoms with Crippen LogP contribution < -0.4 is 10.2 Å². The number of benzene rings is 1. The minimum atomic E-state index is -0.0549. The van der Waals surface area contributed by atoms with Crippen molar-refractivity contribution in [2.75, 3.05) is 43.1 Å². The molecule has 1 unspecified atom stereocenters. The fraction of sp³-hybridized carbons (Fsp3) is 0.409. The zero-order chi connectivity index (χ0) is 19.2. The monoisotopic (exact) mass is 367 g/mol. The van der Waals surface area contributed by atoms with Crippen LogP contribution in [-0.2, 0) is 4.74 Å². The van der Waals surface area contributed by atoms with Crippen molar-refractivity contribution in [1.29, 1.82) is 0 Å². The normalized spacial score (nSPS) is 15.9. The lowest BCUT2D eigenvalue weighted by Gasteiger charge is -2.29. The lowest BCUT2D eigenvalue weighted by atomic mass is 9.98. The topological polar surface area (TPSA) is 57.6 Å². The summed E-state index contributed by atoms with van der Waals surface area (Å²) in [6, 6.07) is 10.7. The first-order chi connectivity index (χ1) is 13.1. The van der Waals surface area contributed by atoms with Crippen LogP contribution in [0.5, 0.6) is 0 Å². The second-order valence-electron chi connectivity index (χ2n) is 7.00. The molecule has 1 aliphatic rings. The van der Waals surface area contributed by atoms with Gasteiger partial charge in [0.2, 0.25) is 0 Å². The van der Waals surface area contributed by atoms with Crippen molar-refractivity contribution < 1.29 is 9.84 Å². The van der Waals surface area contributed by atoms with Crippen molar-refractivity contribution >= 4 is 17.7 Å². The Morgan fingerprint density at radius 2 is 2.04 bits per heavy atom. The van der Waals surface area contributed by atoms with Gasteiger partial charge in [0.1, 0.15) is 11.6 Å². The van der Waals surface area contributed by atoms with E-state index in [1.54, 1.807) is 0 Å². The maximum atomic E-state index is 9.42. The third-order valence-electron chi connectivity index (χ3n) is 4.75. The van der Waals surface area contributed by atoms with E-state index in [-0.39, 0.29) is 12.6 Å². The average Bonchev–Trinajstić information content (AvgIpc) is 2.70. The summed E-state index contributed by atoms with van der Waals surface area (Å²) >= 11 is 0. The van der Waals surface area contributed by atoms with E-state index in [2.05, 4.69) is 59.6 Å². The first-order valence-electron chi connectivity index (χ1n) is 9.56. The molecular formula is C22H29N3O2. The number of hydrogen-bond acceptors (Lipinski definition) is 5. The summed E-state index contributed by atoms with van der Waals surface area (Å²) in [4.78, 5) is 7.05. The molecule has 1 saturated heterocycles. The molecule has 27 heavy (non-hydrogen) atoms. The van der Waals surface area contributed by atoms with Crippen molar-refractivity contribution in [2.45, 2.75) is 26.8 Å². The van der Waals surface area contributed by atoms with Crippen molar-refractivity contribution in [1.82, 2.24) is 4.98 Å². The Balaban J connectivity index is 2.05. The zero-order valence-corrected chi connectivity index (χ0v) is 16.4. The first-order valence-corrected chi connectivity index (χ1v) is 9.56. The van der Waals surface area contributed by atoms with Crippen LogP contribution in [0.3, 0.4) is 0 Å². The van der Waals surface area contributed by atoms with Crippen molar-refractivity contribution in [3.63, 3.8) is 0 Å². The van der Waals surface area contributed by atoms with Gasteiger partial charge in [-0.15, -0.1) is 0 Å². The number of morpholine rings is 1. The summed E-state index contributed by atoms with van der Waals surface area (Å²) in [5.74, 6) is 1.73. The van der Waals surface area contributed by atoms with E-state index >= 15 is 0 Å². The smallest absolute Gasteiger partial charge is 0.131 e. The van der Waals surface area contributed by atoms with E-state index in [4.69, 9.17) is 9.72 Å². The lowest BCUT2D eigenvalue weighted by molar-refractivity contribution is 0.122. The summed E-state index contributed by atoms with van der Waals surface area (Å²) in [5.41, 5.74) is 4.73.